The molecule has 0 aliphatic rings. The van der Waals surface area contributed by atoms with Crippen molar-refractivity contribution in [1.82, 2.24) is 9.97 Å². The van der Waals surface area contributed by atoms with Crippen LogP contribution in [0.4, 0.5) is 5.95 Å². The van der Waals surface area contributed by atoms with Gasteiger partial charge in [0.25, 0.3) is 0 Å². The minimum absolute atomic E-state index is 0.00268. The summed E-state index contributed by atoms with van der Waals surface area (Å²) in [5.74, 6) is -0.701. The number of unbranched alkanes of at least 4 members (excludes halogenated alkanes) is 1. The normalized spacial score (nSPS) is 10.5. The van der Waals surface area contributed by atoms with Crippen LogP contribution in [-0.4, -0.2) is 54.5 Å². The van der Waals surface area contributed by atoms with E-state index in [1.54, 1.807) is 14.0 Å². The molecule has 0 aromatic carbocycles. The average molecular weight is 283 g/mol. The van der Waals surface area contributed by atoms with Crippen LogP contribution in [0, 0.1) is 6.92 Å². The molecule has 0 radical (unpaired) electrons. The number of carbonyl (C=O) groups is 1. The van der Waals surface area contributed by atoms with E-state index in [1.165, 1.54) is 6.07 Å². The molecule has 2 N–H and O–H groups in total. The zero-order chi connectivity index (χ0) is 14.8. The Morgan fingerprint density at radius 1 is 1.30 bits per heavy atom. The number of carboxylic acids is 1. The lowest BCUT2D eigenvalue weighted by Gasteiger charge is -2.07. The van der Waals surface area contributed by atoms with Crippen LogP contribution in [0.1, 0.15) is 29.0 Å². The van der Waals surface area contributed by atoms with Gasteiger partial charge in [-0.1, -0.05) is 0 Å². The lowest BCUT2D eigenvalue weighted by molar-refractivity contribution is 0.0690. The summed E-state index contributed by atoms with van der Waals surface area (Å²) in [4.78, 5) is 18.9. The van der Waals surface area contributed by atoms with Gasteiger partial charge in [-0.2, -0.15) is 0 Å². The molecular formula is C13H21N3O4. The highest BCUT2D eigenvalue weighted by Gasteiger charge is 2.07. The van der Waals surface area contributed by atoms with Gasteiger partial charge in [-0.05, 0) is 25.8 Å². The van der Waals surface area contributed by atoms with Crippen molar-refractivity contribution in [2.24, 2.45) is 0 Å². The number of rotatable bonds is 10. The van der Waals surface area contributed by atoms with E-state index >= 15 is 0 Å². The molecule has 1 aromatic heterocycles. The molecule has 112 valence electrons. The zero-order valence-electron chi connectivity index (χ0n) is 11.9. The minimum Gasteiger partial charge on any atom is -0.477 e. The second-order valence-corrected chi connectivity index (χ2v) is 4.26. The highest BCUT2D eigenvalue weighted by molar-refractivity contribution is 5.85. The smallest absolute Gasteiger partial charge is 0.354 e. The summed E-state index contributed by atoms with van der Waals surface area (Å²) >= 11 is 0. The molecule has 0 bridgehead atoms. The zero-order valence-corrected chi connectivity index (χ0v) is 11.9. The predicted octanol–water partition coefficient (Wildman–Crippen LogP) is 1.34. The summed E-state index contributed by atoms with van der Waals surface area (Å²) in [6, 6.07) is 1.44. The molecule has 1 rings (SSSR count). The number of nitrogens with zero attached hydrogens (tertiary/aromatic N) is 2. The van der Waals surface area contributed by atoms with Crippen LogP contribution in [0.3, 0.4) is 0 Å². The summed E-state index contributed by atoms with van der Waals surface area (Å²) < 4.78 is 10.2. The lowest BCUT2D eigenvalue weighted by atomic mass is 10.3. The maximum Gasteiger partial charge on any atom is 0.354 e. The Bertz CT molecular complexity index is 426. The second kappa shape index (κ2) is 9.22. The first-order valence-electron chi connectivity index (χ1n) is 6.53. The minimum atomic E-state index is -1.05. The van der Waals surface area contributed by atoms with E-state index in [0.29, 0.717) is 38.0 Å². The standard InChI is InChI=1S/C13H21N3O4/c1-10-9-11(12(17)18)16-13(15-10)14-5-3-4-6-20-8-7-19-2/h9H,3-8H2,1-2H3,(H,17,18)(H,14,15,16). The van der Waals surface area contributed by atoms with Crippen molar-refractivity contribution in [2.75, 3.05) is 38.8 Å². The topological polar surface area (TPSA) is 93.6 Å². The van der Waals surface area contributed by atoms with Gasteiger partial charge < -0.3 is 19.9 Å². The Hall–Kier alpha value is -1.73. The van der Waals surface area contributed by atoms with Crippen LogP contribution in [0.25, 0.3) is 0 Å². The summed E-state index contributed by atoms with van der Waals surface area (Å²) in [5, 5.41) is 11.9. The van der Waals surface area contributed by atoms with E-state index < -0.39 is 5.97 Å². The van der Waals surface area contributed by atoms with Crippen molar-refractivity contribution in [2.45, 2.75) is 19.8 Å². The molecule has 7 heteroatoms. The van der Waals surface area contributed by atoms with Gasteiger partial charge in [-0.15, -0.1) is 0 Å². The SMILES string of the molecule is COCCOCCCCNc1nc(C)cc(C(=O)O)n1. The molecule has 0 amide bonds. The van der Waals surface area contributed by atoms with E-state index in [4.69, 9.17) is 14.6 Å². The first-order valence-corrected chi connectivity index (χ1v) is 6.53. The van der Waals surface area contributed by atoms with Crippen molar-refractivity contribution >= 4 is 11.9 Å². The van der Waals surface area contributed by atoms with Gasteiger partial charge in [0.05, 0.1) is 13.2 Å². The molecule has 0 saturated carbocycles. The highest BCUT2D eigenvalue weighted by atomic mass is 16.5. The number of ether oxygens (including phenoxy) is 2. The van der Waals surface area contributed by atoms with Gasteiger partial charge in [0.1, 0.15) is 0 Å². The first kappa shape index (κ1) is 16.3. The maximum atomic E-state index is 10.9. The number of hydrogen-bond donors (Lipinski definition) is 2. The van der Waals surface area contributed by atoms with Gasteiger partial charge in [-0.25, -0.2) is 14.8 Å². The van der Waals surface area contributed by atoms with Crippen LogP contribution in [0.2, 0.25) is 0 Å². The van der Waals surface area contributed by atoms with E-state index in [0.717, 1.165) is 12.8 Å². The quantitative estimate of drug-likeness (QED) is 0.626. The molecule has 0 spiro atoms. The van der Waals surface area contributed by atoms with Crippen molar-refractivity contribution < 1.29 is 19.4 Å². The Kier molecular flexibility index (Phi) is 7.52. The van der Waals surface area contributed by atoms with Crippen LogP contribution in [0.15, 0.2) is 6.07 Å². The number of aryl methyl sites for hydroxylation is 1. The van der Waals surface area contributed by atoms with Crippen molar-refractivity contribution in [3.8, 4) is 0 Å². The Morgan fingerprint density at radius 2 is 2.10 bits per heavy atom. The summed E-state index contributed by atoms with van der Waals surface area (Å²) in [5.41, 5.74) is 0.630. The van der Waals surface area contributed by atoms with Gasteiger partial charge in [-0.3, -0.25) is 0 Å². The van der Waals surface area contributed by atoms with Gasteiger partial charge in [0.2, 0.25) is 5.95 Å². The molecule has 0 aliphatic heterocycles. The number of aromatic carboxylic acids is 1. The monoisotopic (exact) mass is 283 g/mol. The Labute approximate surface area is 118 Å². The number of carboxylic acid groups (broad SMARTS) is 1. The third kappa shape index (κ3) is 6.44. The fraction of sp³-hybridized carbons (Fsp3) is 0.615. The van der Waals surface area contributed by atoms with Crippen LogP contribution >= 0.6 is 0 Å². The molecule has 1 heterocycles. The van der Waals surface area contributed by atoms with E-state index in [-0.39, 0.29) is 5.69 Å². The predicted molar refractivity (Wildman–Crippen MR) is 74.1 cm³/mol. The third-order valence-corrected chi connectivity index (χ3v) is 2.50. The van der Waals surface area contributed by atoms with E-state index in [1.807, 2.05) is 0 Å². The van der Waals surface area contributed by atoms with Gasteiger partial charge in [0, 0.05) is 26.0 Å². The van der Waals surface area contributed by atoms with Gasteiger partial charge in [0.15, 0.2) is 5.69 Å². The van der Waals surface area contributed by atoms with Crippen molar-refractivity contribution in [1.29, 1.82) is 0 Å². The van der Waals surface area contributed by atoms with Crippen LogP contribution < -0.4 is 5.32 Å². The van der Waals surface area contributed by atoms with Crippen LogP contribution in [-0.2, 0) is 9.47 Å². The number of anilines is 1. The summed E-state index contributed by atoms with van der Waals surface area (Å²) in [6.07, 6.45) is 1.81. The molecule has 7 nitrogen and oxygen atoms in total. The Morgan fingerprint density at radius 3 is 2.80 bits per heavy atom. The van der Waals surface area contributed by atoms with E-state index in [9.17, 15) is 4.79 Å². The second-order valence-electron chi connectivity index (χ2n) is 4.26. The van der Waals surface area contributed by atoms with Gasteiger partial charge >= 0.3 is 5.97 Å². The largest absolute Gasteiger partial charge is 0.477 e. The number of hydrogen-bond acceptors (Lipinski definition) is 6. The number of methoxy groups -OCH3 is 1. The molecule has 0 atom stereocenters. The fourth-order valence-corrected chi connectivity index (χ4v) is 1.53. The molecule has 0 aliphatic carbocycles. The maximum absolute atomic E-state index is 10.9. The van der Waals surface area contributed by atoms with Crippen molar-refractivity contribution in [3.63, 3.8) is 0 Å². The number of nitrogens with one attached hydrogen (secondary N) is 1. The highest BCUT2D eigenvalue weighted by Crippen LogP contribution is 2.05. The molecular weight excluding hydrogens is 262 g/mol. The average Bonchev–Trinajstić information content (AvgIpc) is 2.41. The molecule has 20 heavy (non-hydrogen) atoms. The molecule has 0 saturated heterocycles. The van der Waals surface area contributed by atoms with Crippen LogP contribution in [0.5, 0.6) is 0 Å². The summed E-state index contributed by atoms with van der Waals surface area (Å²) in [7, 11) is 1.64. The first-order chi connectivity index (χ1) is 9.63. The van der Waals surface area contributed by atoms with Crippen molar-refractivity contribution in [3.05, 3.63) is 17.5 Å². The lowest BCUT2D eigenvalue weighted by Crippen LogP contribution is -2.11. The van der Waals surface area contributed by atoms with E-state index in [2.05, 4.69) is 15.3 Å². The molecule has 1 aromatic rings. The third-order valence-electron chi connectivity index (χ3n) is 2.50. The Balaban J connectivity index is 2.23. The summed E-state index contributed by atoms with van der Waals surface area (Å²) in [6.45, 7) is 4.30. The number of aromatic nitrogens is 2. The fourth-order valence-electron chi connectivity index (χ4n) is 1.53. The molecule has 0 fully saturated rings. The molecule has 0 unspecified atom stereocenters.